The summed E-state index contributed by atoms with van der Waals surface area (Å²) in [6.45, 7) is 1.89. The lowest BCUT2D eigenvalue weighted by Gasteiger charge is -2.08. The topological polar surface area (TPSA) is 78.1 Å². The summed E-state index contributed by atoms with van der Waals surface area (Å²) in [6.07, 6.45) is 1.69. The Morgan fingerprint density at radius 1 is 1.37 bits per heavy atom. The first-order valence-electron chi connectivity index (χ1n) is 5.56. The third-order valence-corrected chi connectivity index (χ3v) is 3.40. The highest BCUT2D eigenvalue weighted by Crippen LogP contribution is 2.32. The van der Waals surface area contributed by atoms with Gasteiger partial charge in [0.15, 0.2) is 5.16 Å². The first kappa shape index (κ1) is 13.4. The van der Waals surface area contributed by atoms with Crippen molar-refractivity contribution in [3.63, 3.8) is 0 Å². The number of carbonyl (C=O) groups excluding carboxylic acids is 1. The second kappa shape index (κ2) is 5.71. The maximum atomic E-state index is 11.6. The molecule has 5 nitrogen and oxygen atoms in total. The summed E-state index contributed by atoms with van der Waals surface area (Å²) in [5.41, 5.74) is 7.57. The van der Waals surface area contributed by atoms with Gasteiger partial charge in [0, 0.05) is 16.8 Å². The van der Waals surface area contributed by atoms with Crippen molar-refractivity contribution in [3.8, 4) is 0 Å². The Balaban J connectivity index is 2.33. The van der Waals surface area contributed by atoms with Gasteiger partial charge in [-0.3, -0.25) is 0 Å². The number of hydrogen-bond acceptors (Lipinski definition) is 6. The molecule has 1 heterocycles. The Hall–Kier alpha value is -2.08. The smallest absolute Gasteiger partial charge is 0.339 e. The van der Waals surface area contributed by atoms with Gasteiger partial charge in [-0.15, -0.1) is 0 Å². The zero-order valence-corrected chi connectivity index (χ0v) is 11.4. The number of carbonyl (C=O) groups is 1. The summed E-state index contributed by atoms with van der Waals surface area (Å²) in [5.74, 6) is -0.454. The molecule has 2 N–H and O–H groups in total. The Labute approximate surface area is 115 Å². The fourth-order valence-corrected chi connectivity index (χ4v) is 2.36. The standard InChI is InChI=1S/C13H13N3O2S/c1-8-6-7-15-13(16-8)19-10-5-3-4-9(11(10)14)12(17)18-2/h3-7H,14H2,1-2H3. The fraction of sp³-hybridized carbons (Fsp3) is 0.154. The largest absolute Gasteiger partial charge is 0.465 e. The average molecular weight is 275 g/mol. The van der Waals surface area contributed by atoms with Crippen LogP contribution >= 0.6 is 11.8 Å². The minimum absolute atomic E-state index is 0.347. The van der Waals surface area contributed by atoms with Crippen LogP contribution in [0, 0.1) is 6.92 Å². The van der Waals surface area contributed by atoms with E-state index in [1.165, 1.54) is 18.9 Å². The molecule has 0 radical (unpaired) electrons. The first-order valence-corrected chi connectivity index (χ1v) is 6.37. The van der Waals surface area contributed by atoms with Crippen LogP contribution in [0.5, 0.6) is 0 Å². The van der Waals surface area contributed by atoms with Gasteiger partial charge in [0.05, 0.1) is 18.4 Å². The van der Waals surface area contributed by atoms with Gasteiger partial charge in [0.25, 0.3) is 0 Å². The molecular weight excluding hydrogens is 262 g/mol. The number of hydrogen-bond donors (Lipinski definition) is 1. The lowest BCUT2D eigenvalue weighted by molar-refractivity contribution is 0.0601. The van der Waals surface area contributed by atoms with Gasteiger partial charge in [-0.1, -0.05) is 6.07 Å². The molecule has 0 unspecified atom stereocenters. The maximum absolute atomic E-state index is 11.6. The van der Waals surface area contributed by atoms with E-state index in [4.69, 9.17) is 5.73 Å². The van der Waals surface area contributed by atoms with Crippen LogP contribution in [0.15, 0.2) is 40.5 Å². The summed E-state index contributed by atoms with van der Waals surface area (Å²) in [5, 5.41) is 0.591. The van der Waals surface area contributed by atoms with E-state index in [2.05, 4.69) is 14.7 Å². The van der Waals surface area contributed by atoms with Crippen LogP contribution in [0.3, 0.4) is 0 Å². The number of aromatic nitrogens is 2. The number of rotatable bonds is 3. The van der Waals surface area contributed by atoms with Crippen LogP contribution in [0.25, 0.3) is 0 Å². The van der Waals surface area contributed by atoms with Crippen LogP contribution in [0.4, 0.5) is 5.69 Å². The number of benzene rings is 1. The van der Waals surface area contributed by atoms with Crippen molar-refractivity contribution in [1.82, 2.24) is 9.97 Å². The predicted molar refractivity (Wildman–Crippen MR) is 73.1 cm³/mol. The van der Waals surface area contributed by atoms with Gasteiger partial charge in [0.2, 0.25) is 0 Å². The molecule has 0 fully saturated rings. The minimum atomic E-state index is -0.454. The maximum Gasteiger partial charge on any atom is 0.339 e. The summed E-state index contributed by atoms with van der Waals surface area (Å²) in [4.78, 5) is 20.7. The van der Waals surface area contributed by atoms with Gasteiger partial charge in [0.1, 0.15) is 0 Å². The number of ether oxygens (including phenoxy) is 1. The third-order valence-electron chi connectivity index (χ3n) is 2.45. The SMILES string of the molecule is COC(=O)c1cccc(Sc2nccc(C)n2)c1N. The van der Waals surface area contributed by atoms with Gasteiger partial charge >= 0.3 is 5.97 Å². The molecule has 0 saturated heterocycles. The summed E-state index contributed by atoms with van der Waals surface area (Å²) < 4.78 is 4.68. The molecule has 0 amide bonds. The number of nitrogen functional groups attached to an aromatic ring is 1. The average Bonchev–Trinajstić information content (AvgIpc) is 2.40. The molecule has 0 aliphatic rings. The van der Waals surface area contributed by atoms with E-state index in [0.29, 0.717) is 16.4 Å². The molecule has 0 saturated carbocycles. The predicted octanol–water partition coefficient (Wildman–Crippen LogP) is 2.31. The van der Waals surface area contributed by atoms with Crippen molar-refractivity contribution in [3.05, 3.63) is 41.7 Å². The second-order valence-corrected chi connectivity index (χ2v) is 4.80. The molecule has 1 aromatic carbocycles. The summed E-state index contributed by atoms with van der Waals surface area (Å²) in [6, 6.07) is 7.01. The van der Waals surface area contributed by atoms with Gasteiger partial charge in [-0.05, 0) is 36.9 Å². The number of nitrogens with zero attached hydrogens (tertiary/aromatic N) is 2. The van der Waals surface area contributed by atoms with Crippen molar-refractivity contribution in [2.45, 2.75) is 17.0 Å². The van der Waals surface area contributed by atoms with E-state index in [-0.39, 0.29) is 0 Å². The van der Waals surface area contributed by atoms with Crippen LogP contribution in [0.2, 0.25) is 0 Å². The number of para-hydroxylation sites is 1. The molecule has 19 heavy (non-hydrogen) atoms. The summed E-state index contributed by atoms with van der Waals surface area (Å²) >= 11 is 1.32. The van der Waals surface area contributed by atoms with E-state index in [0.717, 1.165) is 10.6 Å². The highest BCUT2D eigenvalue weighted by molar-refractivity contribution is 7.99. The fourth-order valence-electron chi connectivity index (χ4n) is 1.49. The Bertz CT molecular complexity index is 617. The molecule has 0 aliphatic heterocycles. The molecule has 0 spiro atoms. The number of anilines is 1. The van der Waals surface area contributed by atoms with Crippen LogP contribution in [-0.2, 0) is 4.74 Å². The zero-order valence-electron chi connectivity index (χ0n) is 10.6. The zero-order chi connectivity index (χ0) is 13.8. The van der Waals surface area contributed by atoms with Crippen molar-refractivity contribution < 1.29 is 9.53 Å². The van der Waals surface area contributed by atoms with Crippen molar-refractivity contribution in [1.29, 1.82) is 0 Å². The first-order chi connectivity index (χ1) is 9.11. The molecule has 2 rings (SSSR count). The van der Waals surface area contributed by atoms with Crippen molar-refractivity contribution in [2.75, 3.05) is 12.8 Å². The van der Waals surface area contributed by atoms with E-state index >= 15 is 0 Å². The lowest BCUT2D eigenvalue weighted by Crippen LogP contribution is -2.06. The normalized spacial score (nSPS) is 10.2. The van der Waals surface area contributed by atoms with Gasteiger partial charge in [-0.2, -0.15) is 0 Å². The lowest BCUT2D eigenvalue weighted by atomic mass is 10.2. The molecule has 1 aromatic heterocycles. The molecule has 0 atom stereocenters. The Kier molecular flexibility index (Phi) is 4.01. The number of aryl methyl sites for hydroxylation is 1. The molecule has 6 heteroatoms. The van der Waals surface area contributed by atoms with E-state index in [1.54, 1.807) is 18.3 Å². The minimum Gasteiger partial charge on any atom is -0.465 e. The summed E-state index contributed by atoms with van der Waals surface area (Å²) in [7, 11) is 1.32. The molecule has 98 valence electrons. The Morgan fingerprint density at radius 2 is 2.16 bits per heavy atom. The highest BCUT2D eigenvalue weighted by atomic mass is 32.2. The van der Waals surface area contributed by atoms with Crippen molar-refractivity contribution >= 4 is 23.4 Å². The van der Waals surface area contributed by atoms with Gasteiger partial charge < -0.3 is 10.5 Å². The number of methoxy groups -OCH3 is 1. The van der Waals surface area contributed by atoms with Gasteiger partial charge in [-0.25, -0.2) is 14.8 Å². The van der Waals surface area contributed by atoms with Crippen LogP contribution < -0.4 is 5.73 Å². The van der Waals surface area contributed by atoms with Crippen LogP contribution in [0.1, 0.15) is 16.1 Å². The van der Waals surface area contributed by atoms with Crippen LogP contribution in [-0.4, -0.2) is 23.0 Å². The van der Waals surface area contributed by atoms with E-state index in [9.17, 15) is 4.79 Å². The molecule has 0 bridgehead atoms. The Morgan fingerprint density at radius 3 is 2.84 bits per heavy atom. The van der Waals surface area contributed by atoms with Crippen molar-refractivity contribution in [2.24, 2.45) is 0 Å². The quantitative estimate of drug-likeness (QED) is 0.526. The highest BCUT2D eigenvalue weighted by Gasteiger charge is 2.14. The second-order valence-electron chi connectivity index (χ2n) is 3.79. The molecular formula is C13H13N3O2S. The number of nitrogens with two attached hydrogens (primary N) is 1. The number of esters is 1. The third kappa shape index (κ3) is 3.03. The molecule has 2 aromatic rings. The monoisotopic (exact) mass is 275 g/mol. The molecule has 0 aliphatic carbocycles. The van der Waals surface area contributed by atoms with E-state index < -0.39 is 5.97 Å². The van der Waals surface area contributed by atoms with E-state index in [1.807, 2.05) is 19.1 Å².